The van der Waals surface area contributed by atoms with Crippen LogP contribution in [-0.4, -0.2) is 49.1 Å². The van der Waals surface area contributed by atoms with E-state index in [0.29, 0.717) is 0 Å². The Labute approximate surface area is 113 Å². The summed E-state index contributed by atoms with van der Waals surface area (Å²) in [5.41, 5.74) is 0.185. The lowest BCUT2D eigenvalue weighted by Crippen LogP contribution is -2.34. The monoisotopic (exact) mass is 288 g/mol. The average Bonchev–Trinajstić information content (AvgIpc) is 2.37. The fourth-order valence-corrected chi connectivity index (χ4v) is 1.45. The van der Waals surface area contributed by atoms with Crippen LogP contribution in [0, 0.1) is 0 Å². The summed E-state index contributed by atoms with van der Waals surface area (Å²) in [6, 6.07) is 3.18. The number of rotatable bonds is 5. The first-order chi connectivity index (χ1) is 9.35. The molecule has 0 saturated carbocycles. The summed E-state index contributed by atoms with van der Waals surface area (Å²) in [5.74, 6) is -1.11. The predicted molar refractivity (Wildman–Crippen MR) is 67.6 cm³/mol. The van der Waals surface area contributed by atoms with Crippen molar-refractivity contribution in [2.45, 2.75) is 6.43 Å². The minimum Gasteiger partial charge on any atom is -0.496 e. The highest BCUT2D eigenvalue weighted by molar-refractivity contribution is 5.94. The van der Waals surface area contributed by atoms with Crippen molar-refractivity contribution in [3.8, 4) is 5.75 Å². The van der Waals surface area contributed by atoms with Gasteiger partial charge in [-0.1, -0.05) is 0 Å². The number of nitrogens with zero attached hydrogens (tertiary/aromatic N) is 1. The number of urea groups is 1. The second-order valence-electron chi connectivity index (χ2n) is 3.92. The van der Waals surface area contributed by atoms with Crippen LogP contribution in [0.15, 0.2) is 18.2 Å². The molecule has 0 unspecified atom stereocenters. The van der Waals surface area contributed by atoms with Gasteiger partial charge in [0.2, 0.25) is 0 Å². The van der Waals surface area contributed by atoms with Gasteiger partial charge in [-0.25, -0.2) is 18.4 Å². The van der Waals surface area contributed by atoms with Crippen LogP contribution in [0.5, 0.6) is 5.75 Å². The number of carbonyl (C=O) groups is 2. The molecule has 0 aliphatic rings. The van der Waals surface area contributed by atoms with Gasteiger partial charge in [-0.2, -0.15) is 0 Å². The Balaban J connectivity index is 2.83. The standard InChI is InChI=1S/C12H14F2N2O4/c1-16(6-10(13)14)12(19)15-7-3-4-8(11(17)18)9(5-7)20-2/h3-5,10H,6H2,1-2H3,(H,15,19)(H,17,18). The van der Waals surface area contributed by atoms with Gasteiger partial charge in [0.25, 0.3) is 6.43 Å². The first-order valence-corrected chi connectivity index (χ1v) is 5.56. The van der Waals surface area contributed by atoms with E-state index in [0.717, 1.165) is 4.90 Å². The smallest absolute Gasteiger partial charge is 0.339 e. The maximum Gasteiger partial charge on any atom is 0.339 e. The van der Waals surface area contributed by atoms with Crippen LogP contribution in [0.1, 0.15) is 10.4 Å². The van der Waals surface area contributed by atoms with Crippen LogP contribution >= 0.6 is 0 Å². The first-order valence-electron chi connectivity index (χ1n) is 5.56. The van der Waals surface area contributed by atoms with E-state index in [1.807, 2.05) is 0 Å². The molecular weight excluding hydrogens is 274 g/mol. The third kappa shape index (κ3) is 4.08. The summed E-state index contributed by atoms with van der Waals surface area (Å²) >= 11 is 0. The topological polar surface area (TPSA) is 78.9 Å². The molecule has 110 valence electrons. The van der Waals surface area contributed by atoms with Crippen molar-refractivity contribution in [3.63, 3.8) is 0 Å². The molecule has 0 aliphatic carbocycles. The van der Waals surface area contributed by atoms with Crippen molar-refractivity contribution in [2.75, 3.05) is 26.0 Å². The van der Waals surface area contributed by atoms with Gasteiger partial charge in [-0.05, 0) is 12.1 Å². The van der Waals surface area contributed by atoms with E-state index in [1.54, 1.807) is 0 Å². The number of anilines is 1. The van der Waals surface area contributed by atoms with Gasteiger partial charge in [-0.15, -0.1) is 0 Å². The van der Waals surface area contributed by atoms with Crippen molar-refractivity contribution >= 4 is 17.7 Å². The number of benzene rings is 1. The van der Waals surface area contributed by atoms with Crippen LogP contribution in [0.2, 0.25) is 0 Å². The zero-order valence-electron chi connectivity index (χ0n) is 10.9. The van der Waals surface area contributed by atoms with Crippen LogP contribution < -0.4 is 10.1 Å². The van der Waals surface area contributed by atoms with Crippen molar-refractivity contribution in [1.29, 1.82) is 0 Å². The fourth-order valence-electron chi connectivity index (χ4n) is 1.45. The number of ether oxygens (including phenoxy) is 1. The van der Waals surface area contributed by atoms with Crippen LogP contribution in [0.3, 0.4) is 0 Å². The Morgan fingerprint density at radius 2 is 2.10 bits per heavy atom. The van der Waals surface area contributed by atoms with Gasteiger partial charge in [-0.3, -0.25) is 0 Å². The number of methoxy groups -OCH3 is 1. The summed E-state index contributed by atoms with van der Waals surface area (Å²) in [6.07, 6.45) is -2.63. The lowest BCUT2D eigenvalue weighted by molar-refractivity contribution is 0.0693. The molecular formula is C12H14F2N2O4. The van der Waals surface area contributed by atoms with Gasteiger partial charge in [0.05, 0.1) is 13.7 Å². The van der Waals surface area contributed by atoms with E-state index in [4.69, 9.17) is 9.84 Å². The molecule has 0 aliphatic heterocycles. The van der Waals surface area contributed by atoms with Gasteiger partial charge in [0.15, 0.2) is 0 Å². The molecule has 0 atom stereocenters. The van der Waals surface area contributed by atoms with E-state index in [-0.39, 0.29) is 17.0 Å². The number of alkyl halides is 2. The molecule has 20 heavy (non-hydrogen) atoms. The fraction of sp³-hybridized carbons (Fsp3) is 0.333. The molecule has 0 radical (unpaired) electrons. The average molecular weight is 288 g/mol. The lowest BCUT2D eigenvalue weighted by atomic mass is 10.2. The third-order valence-electron chi connectivity index (χ3n) is 2.44. The molecule has 0 spiro atoms. The number of hydrogen-bond donors (Lipinski definition) is 2. The largest absolute Gasteiger partial charge is 0.496 e. The van der Waals surface area contributed by atoms with Gasteiger partial charge < -0.3 is 20.1 Å². The minimum atomic E-state index is -2.63. The number of nitrogens with one attached hydrogen (secondary N) is 1. The molecule has 0 aromatic heterocycles. The van der Waals surface area contributed by atoms with E-state index >= 15 is 0 Å². The quantitative estimate of drug-likeness (QED) is 0.870. The highest BCUT2D eigenvalue weighted by Crippen LogP contribution is 2.23. The number of carboxylic acid groups (broad SMARTS) is 1. The minimum absolute atomic E-state index is 0.0619. The maximum atomic E-state index is 12.1. The Hall–Kier alpha value is -2.38. The zero-order valence-corrected chi connectivity index (χ0v) is 10.9. The Morgan fingerprint density at radius 3 is 2.60 bits per heavy atom. The van der Waals surface area contributed by atoms with Crippen LogP contribution in [0.25, 0.3) is 0 Å². The predicted octanol–water partition coefficient (Wildman–Crippen LogP) is 2.12. The molecule has 8 heteroatoms. The van der Waals surface area contributed by atoms with E-state index < -0.39 is 25.0 Å². The summed E-state index contributed by atoms with van der Waals surface area (Å²) < 4.78 is 29.2. The van der Waals surface area contributed by atoms with E-state index in [2.05, 4.69) is 5.32 Å². The second kappa shape index (κ2) is 6.69. The molecule has 2 amide bonds. The molecule has 0 heterocycles. The molecule has 1 aromatic rings. The summed E-state index contributed by atoms with van der Waals surface area (Å²) in [7, 11) is 2.51. The number of carboxylic acids is 1. The zero-order chi connectivity index (χ0) is 15.3. The summed E-state index contributed by atoms with van der Waals surface area (Å²) in [6.45, 7) is -0.698. The highest BCUT2D eigenvalue weighted by Gasteiger charge is 2.16. The molecule has 0 bridgehead atoms. The van der Waals surface area contributed by atoms with Crippen molar-refractivity contribution in [2.24, 2.45) is 0 Å². The van der Waals surface area contributed by atoms with E-state index in [1.165, 1.54) is 32.4 Å². The number of amides is 2. The number of aromatic carboxylic acids is 1. The molecule has 2 N–H and O–H groups in total. The maximum absolute atomic E-state index is 12.1. The van der Waals surface area contributed by atoms with Crippen molar-refractivity contribution in [1.82, 2.24) is 4.90 Å². The first kappa shape index (κ1) is 15.7. The van der Waals surface area contributed by atoms with Gasteiger partial charge >= 0.3 is 12.0 Å². The van der Waals surface area contributed by atoms with Crippen LogP contribution in [-0.2, 0) is 0 Å². The summed E-state index contributed by atoms with van der Waals surface area (Å²) in [4.78, 5) is 23.3. The lowest BCUT2D eigenvalue weighted by Gasteiger charge is -2.17. The van der Waals surface area contributed by atoms with Crippen molar-refractivity contribution in [3.05, 3.63) is 23.8 Å². The van der Waals surface area contributed by atoms with E-state index in [9.17, 15) is 18.4 Å². The van der Waals surface area contributed by atoms with Gasteiger partial charge in [0.1, 0.15) is 11.3 Å². The van der Waals surface area contributed by atoms with Crippen LogP contribution in [0.4, 0.5) is 19.3 Å². The molecule has 1 aromatic carbocycles. The number of carbonyl (C=O) groups excluding carboxylic acids is 1. The molecule has 6 nitrogen and oxygen atoms in total. The molecule has 0 fully saturated rings. The van der Waals surface area contributed by atoms with Crippen molar-refractivity contribution < 1.29 is 28.2 Å². The number of halogens is 2. The second-order valence-corrected chi connectivity index (χ2v) is 3.92. The highest BCUT2D eigenvalue weighted by atomic mass is 19.3. The third-order valence-corrected chi connectivity index (χ3v) is 2.44. The summed E-state index contributed by atoms with van der Waals surface area (Å²) in [5, 5.41) is 11.3. The number of hydrogen-bond acceptors (Lipinski definition) is 3. The SMILES string of the molecule is COc1cc(NC(=O)N(C)CC(F)F)ccc1C(=O)O. The normalized spacial score (nSPS) is 10.2. The Bertz CT molecular complexity index is 508. The Morgan fingerprint density at radius 1 is 1.45 bits per heavy atom. The molecule has 1 rings (SSSR count). The Kier molecular flexibility index (Phi) is 5.24. The van der Waals surface area contributed by atoms with Gasteiger partial charge in [0, 0.05) is 18.8 Å². The molecule has 0 saturated heterocycles.